The van der Waals surface area contributed by atoms with E-state index in [-0.39, 0.29) is 5.92 Å². The van der Waals surface area contributed by atoms with Gasteiger partial charge in [-0.25, -0.2) is 4.98 Å². The molecular weight excluding hydrogens is 264 g/mol. The number of β-amino-alcohol motifs (C(OH)–C–C–N with tert-alkyl or cyclic N) is 1. The summed E-state index contributed by atoms with van der Waals surface area (Å²) in [5, 5.41) is 10.3. The van der Waals surface area contributed by atoms with Crippen molar-refractivity contribution in [1.82, 2.24) is 9.88 Å². The fraction of sp³-hybridized carbons (Fsp3) is 0.471. The molecule has 0 saturated carbocycles. The van der Waals surface area contributed by atoms with Crippen LogP contribution < -0.4 is 0 Å². The van der Waals surface area contributed by atoms with Gasteiger partial charge in [0.25, 0.3) is 0 Å². The number of aryl methyl sites for hydroxylation is 1. The summed E-state index contributed by atoms with van der Waals surface area (Å²) in [6.07, 6.45) is 1.71. The van der Waals surface area contributed by atoms with E-state index in [9.17, 15) is 5.11 Å². The monoisotopic (exact) mass is 286 g/mol. The fourth-order valence-electron chi connectivity index (χ4n) is 2.64. The molecule has 0 aliphatic carbocycles. The highest BCUT2D eigenvalue weighted by atomic mass is 16.3. The largest absolute Gasteiger partial charge is 0.444 e. The van der Waals surface area contributed by atoms with Crippen molar-refractivity contribution in [2.24, 2.45) is 5.92 Å². The number of hydrogen-bond acceptors (Lipinski definition) is 4. The number of rotatable bonds is 4. The minimum absolute atomic E-state index is 0.286. The van der Waals surface area contributed by atoms with Crippen LogP contribution >= 0.6 is 0 Å². The fourth-order valence-corrected chi connectivity index (χ4v) is 2.64. The number of likely N-dealkylation sites (tertiary alicyclic amines) is 1. The summed E-state index contributed by atoms with van der Waals surface area (Å²) in [5.41, 5.74) is 2.59. The van der Waals surface area contributed by atoms with Gasteiger partial charge in [0.1, 0.15) is 6.26 Å². The van der Waals surface area contributed by atoms with Crippen molar-refractivity contribution < 1.29 is 9.52 Å². The Morgan fingerprint density at radius 1 is 1.29 bits per heavy atom. The lowest BCUT2D eigenvalue weighted by atomic mass is 9.83. The number of nitrogens with zero attached hydrogens (tertiary/aromatic N) is 2. The third-order valence-corrected chi connectivity index (χ3v) is 4.31. The van der Waals surface area contributed by atoms with Crippen LogP contribution in [0.3, 0.4) is 0 Å². The van der Waals surface area contributed by atoms with E-state index in [4.69, 9.17) is 4.42 Å². The highest BCUT2D eigenvalue weighted by Crippen LogP contribution is 2.30. The van der Waals surface area contributed by atoms with Crippen LogP contribution in [0.5, 0.6) is 0 Å². The van der Waals surface area contributed by atoms with Crippen LogP contribution in [0.2, 0.25) is 0 Å². The van der Waals surface area contributed by atoms with Crippen LogP contribution in [0.15, 0.2) is 34.9 Å². The standard InChI is InChI=1S/C17H22N2O2/c1-12(2)17(20)10-19(11-17)8-15-9-21-16(18-15)14-6-4-13(3)5-7-14/h4-7,9,12,20H,8,10-11H2,1-3H3. The van der Waals surface area contributed by atoms with Gasteiger partial charge in [0.05, 0.1) is 11.3 Å². The highest BCUT2D eigenvalue weighted by Gasteiger charge is 2.43. The van der Waals surface area contributed by atoms with Gasteiger partial charge in [0.15, 0.2) is 0 Å². The van der Waals surface area contributed by atoms with Gasteiger partial charge in [0, 0.05) is 25.2 Å². The molecule has 1 aromatic heterocycles. The van der Waals surface area contributed by atoms with E-state index in [2.05, 4.69) is 42.8 Å². The molecule has 1 N–H and O–H groups in total. The predicted octanol–water partition coefficient (Wildman–Crippen LogP) is 2.85. The van der Waals surface area contributed by atoms with Crippen molar-refractivity contribution in [2.75, 3.05) is 13.1 Å². The molecule has 0 spiro atoms. The second-order valence-corrected chi connectivity index (χ2v) is 6.41. The zero-order chi connectivity index (χ0) is 15.0. The van der Waals surface area contributed by atoms with Crippen LogP contribution in [0.25, 0.3) is 11.5 Å². The molecule has 0 amide bonds. The molecule has 1 aliphatic heterocycles. The lowest BCUT2D eigenvalue weighted by Gasteiger charge is -2.48. The molecule has 0 radical (unpaired) electrons. The Bertz CT molecular complexity index is 610. The van der Waals surface area contributed by atoms with E-state index in [0.29, 0.717) is 19.0 Å². The second kappa shape index (κ2) is 5.28. The van der Waals surface area contributed by atoms with E-state index in [0.717, 1.165) is 17.8 Å². The summed E-state index contributed by atoms with van der Waals surface area (Å²) in [6, 6.07) is 8.15. The Labute approximate surface area is 125 Å². The van der Waals surface area contributed by atoms with Crippen molar-refractivity contribution >= 4 is 0 Å². The third-order valence-electron chi connectivity index (χ3n) is 4.31. The van der Waals surface area contributed by atoms with Crippen LogP contribution in [0, 0.1) is 12.8 Å². The topological polar surface area (TPSA) is 49.5 Å². The number of benzene rings is 1. The van der Waals surface area contributed by atoms with Crippen molar-refractivity contribution in [1.29, 1.82) is 0 Å². The molecule has 3 rings (SSSR count). The lowest BCUT2D eigenvalue weighted by Crippen LogP contribution is -2.63. The van der Waals surface area contributed by atoms with Crippen molar-refractivity contribution in [3.63, 3.8) is 0 Å². The van der Waals surface area contributed by atoms with Gasteiger partial charge >= 0.3 is 0 Å². The molecule has 0 bridgehead atoms. The van der Waals surface area contributed by atoms with Crippen molar-refractivity contribution in [3.05, 3.63) is 41.8 Å². The summed E-state index contributed by atoms with van der Waals surface area (Å²) in [4.78, 5) is 6.73. The Balaban J connectivity index is 1.63. The zero-order valence-electron chi connectivity index (χ0n) is 12.8. The predicted molar refractivity (Wildman–Crippen MR) is 81.7 cm³/mol. The average Bonchev–Trinajstić information content (AvgIpc) is 2.86. The molecule has 1 aliphatic rings. The molecule has 1 aromatic carbocycles. The molecule has 2 aromatic rings. The summed E-state index contributed by atoms with van der Waals surface area (Å²) >= 11 is 0. The van der Waals surface area contributed by atoms with Crippen LogP contribution in [-0.4, -0.2) is 33.7 Å². The Morgan fingerprint density at radius 2 is 1.95 bits per heavy atom. The zero-order valence-corrected chi connectivity index (χ0v) is 12.8. The first-order chi connectivity index (χ1) is 9.96. The van der Waals surface area contributed by atoms with Crippen LogP contribution in [-0.2, 0) is 6.54 Å². The molecular formula is C17H22N2O2. The maximum absolute atomic E-state index is 10.3. The minimum atomic E-state index is -0.538. The molecule has 2 heterocycles. The number of aliphatic hydroxyl groups is 1. The maximum atomic E-state index is 10.3. The van der Waals surface area contributed by atoms with Crippen LogP contribution in [0.1, 0.15) is 25.1 Å². The molecule has 4 nitrogen and oxygen atoms in total. The SMILES string of the molecule is Cc1ccc(-c2nc(CN3CC(O)(C(C)C)C3)co2)cc1. The first-order valence-electron chi connectivity index (χ1n) is 7.42. The molecule has 112 valence electrons. The molecule has 0 unspecified atom stereocenters. The van der Waals surface area contributed by atoms with Gasteiger partial charge in [-0.05, 0) is 25.0 Å². The first-order valence-corrected chi connectivity index (χ1v) is 7.42. The molecule has 4 heteroatoms. The van der Waals surface area contributed by atoms with Crippen LogP contribution in [0.4, 0.5) is 0 Å². The third kappa shape index (κ3) is 2.87. The average molecular weight is 286 g/mol. The maximum Gasteiger partial charge on any atom is 0.226 e. The van der Waals surface area contributed by atoms with E-state index in [1.165, 1.54) is 5.56 Å². The van der Waals surface area contributed by atoms with Gasteiger partial charge in [0.2, 0.25) is 5.89 Å². The smallest absolute Gasteiger partial charge is 0.226 e. The number of aromatic nitrogens is 1. The highest BCUT2D eigenvalue weighted by molar-refractivity contribution is 5.53. The molecule has 1 saturated heterocycles. The van der Waals surface area contributed by atoms with E-state index < -0.39 is 5.60 Å². The van der Waals surface area contributed by atoms with Gasteiger partial charge in [-0.2, -0.15) is 0 Å². The summed E-state index contributed by atoms with van der Waals surface area (Å²) in [7, 11) is 0. The normalized spacial score (nSPS) is 18.0. The van der Waals surface area contributed by atoms with Crippen molar-refractivity contribution in [2.45, 2.75) is 32.9 Å². The van der Waals surface area contributed by atoms with Gasteiger partial charge in [-0.3, -0.25) is 4.90 Å². The minimum Gasteiger partial charge on any atom is -0.444 e. The van der Waals surface area contributed by atoms with Gasteiger partial charge < -0.3 is 9.52 Å². The molecule has 1 fully saturated rings. The lowest BCUT2D eigenvalue weighted by molar-refractivity contribution is -0.131. The second-order valence-electron chi connectivity index (χ2n) is 6.41. The van der Waals surface area contributed by atoms with E-state index in [1.807, 2.05) is 12.1 Å². The van der Waals surface area contributed by atoms with E-state index >= 15 is 0 Å². The van der Waals surface area contributed by atoms with Gasteiger partial charge in [-0.1, -0.05) is 31.5 Å². The summed E-state index contributed by atoms with van der Waals surface area (Å²) < 4.78 is 5.56. The Kier molecular flexibility index (Phi) is 3.59. The Hall–Kier alpha value is -1.65. The quantitative estimate of drug-likeness (QED) is 0.939. The molecule has 21 heavy (non-hydrogen) atoms. The molecule has 0 atom stereocenters. The number of oxazole rings is 1. The summed E-state index contributed by atoms with van der Waals surface area (Å²) in [5.74, 6) is 0.943. The van der Waals surface area contributed by atoms with Gasteiger partial charge in [-0.15, -0.1) is 0 Å². The van der Waals surface area contributed by atoms with E-state index in [1.54, 1.807) is 6.26 Å². The van der Waals surface area contributed by atoms with Crippen molar-refractivity contribution in [3.8, 4) is 11.5 Å². The number of hydrogen-bond donors (Lipinski definition) is 1. The Morgan fingerprint density at radius 3 is 2.57 bits per heavy atom. The first kappa shape index (κ1) is 14.3. The summed E-state index contributed by atoms with van der Waals surface area (Å²) in [6.45, 7) is 8.32.